The first-order chi connectivity index (χ1) is 12.3. The predicted molar refractivity (Wildman–Crippen MR) is 106 cm³/mol. The fourth-order valence-corrected chi connectivity index (χ4v) is 3.84. The minimum absolute atomic E-state index is 0.205. The summed E-state index contributed by atoms with van der Waals surface area (Å²) in [7, 11) is 0. The van der Waals surface area contributed by atoms with Crippen molar-refractivity contribution in [1.82, 2.24) is 0 Å². The van der Waals surface area contributed by atoms with Crippen LogP contribution in [0.4, 0.5) is 4.39 Å². The van der Waals surface area contributed by atoms with Crippen LogP contribution in [0.25, 0.3) is 11.1 Å². The van der Waals surface area contributed by atoms with Crippen molar-refractivity contribution in [3.8, 4) is 11.1 Å². The van der Waals surface area contributed by atoms with E-state index in [1.54, 1.807) is 0 Å². The summed E-state index contributed by atoms with van der Waals surface area (Å²) in [5.41, 5.74) is 3.90. The third-order valence-electron chi connectivity index (χ3n) is 5.24. The van der Waals surface area contributed by atoms with Crippen molar-refractivity contribution in [2.24, 2.45) is 5.92 Å². The third-order valence-corrected chi connectivity index (χ3v) is 5.50. The zero-order chi connectivity index (χ0) is 17.5. The number of benzene rings is 2. The van der Waals surface area contributed by atoms with Crippen LogP contribution >= 0.6 is 11.6 Å². The Labute approximate surface area is 155 Å². The highest BCUT2D eigenvalue weighted by atomic mass is 35.5. The molecule has 0 unspecified atom stereocenters. The molecule has 0 amide bonds. The van der Waals surface area contributed by atoms with E-state index >= 15 is 0 Å². The van der Waals surface area contributed by atoms with Gasteiger partial charge in [-0.05, 0) is 79.2 Å². The molecule has 0 saturated heterocycles. The number of allylic oxidation sites excluding steroid dienone is 2. The molecule has 1 saturated carbocycles. The van der Waals surface area contributed by atoms with Crippen LogP contribution < -0.4 is 0 Å². The van der Waals surface area contributed by atoms with Crippen molar-refractivity contribution in [3.63, 3.8) is 0 Å². The van der Waals surface area contributed by atoms with Crippen molar-refractivity contribution in [1.29, 1.82) is 0 Å². The topological polar surface area (TPSA) is 0 Å². The van der Waals surface area contributed by atoms with Gasteiger partial charge in [-0.25, -0.2) is 0 Å². The number of alkyl halides is 1. The summed E-state index contributed by atoms with van der Waals surface area (Å²) >= 11 is 5.96. The fourth-order valence-electron chi connectivity index (χ4n) is 3.72. The average Bonchev–Trinajstić information content (AvgIpc) is 2.67. The monoisotopic (exact) mass is 356 g/mol. The lowest BCUT2D eigenvalue weighted by molar-refractivity contribution is 0.375. The van der Waals surface area contributed by atoms with Gasteiger partial charge < -0.3 is 0 Å². The van der Waals surface area contributed by atoms with Crippen molar-refractivity contribution < 1.29 is 4.39 Å². The summed E-state index contributed by atoms with van der Waals surface area (Å²) < 4.78 is 12.1. The van der Waals surface area contributed by atoms with Gasteiger partial charge in [0.1, 0.15) is 0 Å². The Morgan fingerprint density at radius 1 is 0.880 bits per heavy atom. The summed E-state index contributed by atoms with van der Waals surface area (Å²) in [6.07, 6.45) is 11.0. The number of hydrogen-bond donors (Lipinski definition) is 0. The minimum atomic E-state index is -0.205. The summed E-state index contributed by atoms with van der Waals surface area (Å²) in [5, 5.41) is 0.774. The van der Waals surface area contributed by atoms with Crippen molar-refractivity contribution in [2.75, 3.05) is 6.67 Å². The summed E-state index contributed by atoms with van der Waals surface area (Å²) in [6, 6.07) is 17.0. The Bertz CT molecular complexity index is 664. The van der Waals surface area contributed by atoms with Gasteiger partial charge in [0.2, 0.25) is 0 Å². The summed E-state index contributed by atoms with van der Waals surface area (Å²) in [5.74, 6) is 1.36. The van der Waals surface area contributed by atoms with Gasteiger partial charge in [-0.15, -0.1) is 0 Å². The molecule has 25 heavy (non-hydrogen) atoms. The summed E-state index contributed by atoms with van der Waals surface area (Å²) in [6.45, 7) is -0.205. The molecule has 0 bridgehead atoms. The zero-order valence-corrected chi connectivity index (χ0v) is 15.4. The molecule has 2 heteroatoms. The van der Waals surface area contributed by atoms with Crippen molar-refractivity contribution in [2.45, 2.75) is 44.4 Å². The standard InChI is InChI=1S/C23H26ClF/c24-23-15-13-22(14-16-23)21-11-9-20(10-12-21)19-7-5-18(6-8-19)4-2-1-3-17-25/h2,4,9-16,18-19H,1,3,5-8,17H2. The average molecular weight is 357 g/mol. The molecule has 0 N–H and O–H groups in total. The smallest absolute Gasteiger partial charge is 0.0897 e. The van der Waals surface area contributed by atoms with Crippen LogP contribution in [0.5, 0.6) is 0 Å². The number of halogens is 2. The van der Waals surface area contributed by atoms with Gasteiger partial charge in [-0.3, -0.25) is 4.39 Å². The van der Waals surface area contributed by atoms with Crippen LogP contribution in [-0.4, -0.2) is 6.67 Å². The van der Waals surface area contributed by atoms with Gasteiger partial charge in [0.05, 0.1) is 6.67 Å². The third kappa shape index (κ3) is 5.19. The van der Waals surface area contributed by atoms with Gasteiger partial charge in [0.25, 0.3) is 0 Å². The van der Waals surface area contributed by atoms with E-state index < -0.39 is 0 Å². The maximum absolute atomic E-state index is 12.1. The molecule has 0 spiro atoms. The first-order valence-corrected chi connectivity index (χ1v) is 9.72. The molecule has 2 aromatic rings. The molecule has 0 atom stereocenters. The first-order valence-electron chi connectivity index (χ1n) is 9.35. The molecule has 0 heterocycles. The molecule has 0 radical (unpaired) electrons. The predicted octanol–water partition coefficient (Wildman–Crippen LogP) is 7.59. The van der Waals surface area contributed by atoms with E-state index in [0.717, 1.165) is 11.4 Å². The van der Waals surface area contributed by atoms with E-state index in [0.29, 0.717) is 18.3 Å². The Morgan fingerprint density at radius 3 is 2.08 bits per heavy atom. The van der Waals surface area contributed by atoms with Gasteiger partial charge in [-0.1, -0.05) is 60.2 Å². The van der Waals surface area contributed by atoms with Crippen LogP contribution in [0.2, 0.25) is 5.02 Å². The molecule has 0 aliphatic heterocycles. The molecular weight excluding hydrogens is 331 g/mol. The maximum atomic E-state index is 12.1. The highest BCUT2D eigenvalue weighted by Crippen LogP contribution is 2.37. The second-order valence-corrected chi connectivity index (χ2v) is 7.44. The molecule has 3 rings (SSSR count). The van der Waals surface area contributed by atoms with E-state index in [1.165, 1.54) is 42.4 Å². The molecule has 0 aromatic heterocycles. The van der Waals surface area contributed by atoms with E-state index in [2.05, 4.69) is 48.6 Å². The van der Waals surface area contributed by atoms with E-state index in [4.69, 9.17) is 11.6 Å². The zero-order valence-electron chi connectivity index (χ0n) is 14.6. The van der Waals surface area contributed by atoms with Gasteiger partial charge in [0.15, 0.2) is 0 Å². The molecule has 2 aromatic carbocycles. The second kappa shape index (κ2) is 9.20. The highest BCUT2D eigenvalue weighted by molar-refractivity contribution is 6.30. The Kier molecular flexibility index (Phi) is 6.69. The van der Waals surface area contributed by atoms with Crippen molar-refractivity contribution >= 4 is 11.6 Å². The molecule has 132 valence electrons. The maximum Gasteiger partial charge on any atom is 0.0897 e. The fraction of sp³-hybridized carbons (Fsp3) is 0.391. The molecule has 1 aliphatic rings. The normalized spacial score (nSPS) is 20.9. The highest BCUT2D eigenvalue weighted by Gasteiger charge is 2.20. The van der Waals surface area contributed by atoms with Gasteiger partial charge in [-0.2, -0.15) is 0 Å². The van der Waals surface area contributed by atoms with Crippen LogP contribution in [0.3, 0.4) is 0 Å². The SMILES string of the molecule is FCCCC=CC1CCC(c2ccc(-c3ccc(Cl)cc3)cc2)CC1. The number of unbranched alkanes of at least 4 members (excludes halogenated alkanes) is 1. The number of hydrogen-bond acceptors (Lipinski definition) is 0. The van der Waals surface area contributed by atoms with Gasteiger partial charge in [0, 0.05) is 5.02 Å². The lowest BCUT2D eigenvalue weighted by Crippen LogP contribution is -2.11. The van der Waals surface area contributed by atoms with E-state index in [-0.39, 0.29) is 6.67 Å². The summed E-state index contributed by atoms with van der Waals surface area (Å²) in [4.78, 5) is 0. The van der Waals surface area contributed by atoms with Crippen LogP contribution in [0.1, 0.15) is 50.0 Å². The molecular formula is C23H26ClF. The largest absolute Gasteiger partial charge is 0.251 e. The Hall–Kier alpha value is -1.60. The van der Waals surface area contributed by atoms with Gasteiger partial charge >= 0.3 is 0 Å². The van der Waals surface area contributed by atoms with Crippen molar-refractivity contribution in [3.05, 3.63) is 71.3 Å². The van der Waals surface area contributed by atoms with Crippen LogP contribution in [0.15, 0.2) is 60.7 Å². The lowest BCUT2D eigenvalue weighted by Gasteiger charge is -2.27. The second-order valence-electron chi connectivity index (χ2n) is 7.00. The Balaban J connectivity index is 1.55. The van der Waals surface area contributed by atoms with E-state index in [1.807, 2.05) is 12.1 Å². The first kappa shape index (κ1) is 18.2. The van der Waals surface area contributed by atoms with Crippen LogP contribution in [0, 0.1) is 5.92 Å². The number of rotatable bonds is 6. The molecule has 0 nitrogen and oxygen atoms in total. The quantitative estimate of drug-likeness (QED) is 0.369. The molecule has 1 aliphatic carbocycles. The minimum Gasteiger partial charge on any atom is -0.251 e. The van der Waals surface area contributed by atoms with E-state index in [9.17, 15) is 4.39 Å². The van der Waals surface area contributed by atoms with Crippen LogP contribution in [-0.2, 0) is 0 Å². The Morgan fingerprint density at radius 2 is 1.48 bits per heavy atom. The molecule has 1 fully saturated rings. The lowest BCUT2D eigenvalue weighted by atomic mass is 9.78.